The van der Waals surface area contributed by atoms with Crippen molar-refractivity contribution in [3.05, 3.63) is 28.2 Å². The van der Waals surface area contributed by atoms with E-state index in [1.807, 2.05) is 11.8 Å². The molecule has 0 spiro atoms. The van der Waals surface area contributed by atoms with Crippen molar-refractivity contribution in [2.24, 2.45) is 0 Å². The summed E-state index contributed by atoms with van der Waals surface area (Å²) >= 11 is 5.57. The molecule has 18 heavy (non-hydrogen) atoms. The van der Waals surface area contributed by atoms with Gasteiger partial charge in [-0.25, -0.2) is 0 Å². The Labute approximate surface area is 123 Å². The molecule has 0 amide bonds. The van der Waals surface area contributed by atoms with Crippen LogP contribution in [0.3, 0.4) is 0 Å². The number of nitrogens with zero attached hydrogens (tertiary/aromatic N) is 1. The highest BCUT2D eigenvalue weighted by molar-refractivity contribution is 9.10. The zero-order valence-electron chi connectivity index (χ0n) is 11.1. The molecule has 0 heterocycles. The van der Waals surface area contributed by atoms with E-state index < -0.39 is 0 Å². The Kier molecular flexibility index (Phi) is 5.39. The van der Waals surface area contributed by atoms with E-state index in [-0.39, 0.29) is 0 Å². The number of rotatable bonds is 7. The molecule has 1 aliphatic carbocycles. The molecule has 2 rings (SSSR count). The SMILES string of the molecule is CSCCN(C)c1ccc(CNC2CC2)c(Br)c1. The summed E-state index contributed by atoms with van der Waals surface area (Å²) in [5.41, 5.74) is 2.63. The lowest BCUT2D eigenvalue weighted by Gasteiger charge is -2.20. The van der Waals surface area contributed by atoms with Gasteiger partial charge >= 0.3 is 0 Å². The monoisotopic (exact) mass is 328 g/mol. The molecule has 0 radical (unpaired) electrons. The van der Waals surface area contributed by atoms with Crippen molar-refractivity contribution in [2.45, 2.75) is 25.4 Å². The number of benzene rings is 1. The number of thioether (sulfide) groups is 1. The number of nitrogens with one attached hydrogen (secondary N) is 1. The molecule has 1 saturated carbocycles. The Morgan fingerprint density at radius 1 is 1.44 bits per heavy atom. The summed E-state index contributed by atoms with van der Waals surface area (Å²) in [4.78, 5) is 2.30. The van der Waals surface area contributed by atoms with Gasteiger partial charge in [0, 0.05) is 42.1 Å². The fourth-order valence-electron chi connectivity index (χ4n) is 1.82. The molecule has 1 aromatic carbocycles. The van der Waals surface area contributed by atoms with Crippen molar-refractivity contribution in [2.75, 3.05) is 30.5 Å². The lowest BCUT2D eigenvalue weighted by atomic mass is 10.2. The third kappa shape index (κ3) is 4.18. The average molecular weight is 329 g/mol. The summed E-state index contributed by atoms with van der Waals surface area (Å²) in [7, 11) is 2.15. The van der Waals surface area contributed by atoms with Crippen molar-refractivity contribution in [1.29, 1.82) is 0 Å². The summed E-state index contributed by atoms with van der Waals surface area (Å²) in [5, 5.41) is 3.55. The van der Waals surface area contributed by atoms with Gasteiger partial charge in [-0.15, -0.1) is 0 Å². The van der Waals surface area contributed by atoms with Gasteiger partial charge in [-0.1, -0.05) is 22.0 Å². The first-order chi connectivity index (χ1) is 8.70. The van der Waals surface area contributed by atoms with Crippen LogP contribution in [0, 0.1) is 0 Å². The molecule has 1 aliphatic rings. The third-order valence-corrected chi connectivity index (χ3v) is 4.60. The third-order valence-electron chi connectivity index (χ3n) is 3.27. The van der Waals surface area contributed by atoms with Crippen LogP contribution in [-0.2, 0) is 6.54 Å². The van der Waals surface area contributed by atoms with Gasteiger partial charge in [0.05, 0.1) is 0 Å². The Hall–Kier alpha value is -0.190. The van der Waals surface area contributed by atoms with Gasteiger partial charge in [-0.2, -0.15) is 11.8 Å². The molecule has 0 atom stereocenters. The van der Waals surface area contributed by atoms with Gasteiger partial charge in [-0.3, -0.25) is 0 Å². The second-order valence-electron chi connectivity index (χ2n) is 4.85. The maximum atomic E-state index is 3.68. The zero-order chi connectivity index (χ0) is 13.0. The zero-order valence-corrected chi connectivity index (χ0v) is 13.5. The van der Waals surface area contributed by atoms with Crippen LogP contribution in [0.2, 0.25) is 0 Å². The first-order valence-corrected chi connectivity index (χ1v) is 8.61. The lowest BCUT2D eigenvalue weighted by molar-refractivity contribution is 0.686. The van der Waals surface area contributed by atoms with Gasteiger partial charge in [0.1, 0.15) is 0 Å². The topological polar surface area (TPSA) is 15.3 Å². The molecule has 4 heteroatoms. The van der Waals surface area contributed by atoms with Gasteiger partial charge in [0.25, 0.3) is 0 Å². The van der Waals surface area contributed by atoms with Crippen molar-refractivity contribution in [3.8, 4) is 0 Å². The van der Waals surface area contributed by atoms with E-state index in [2.05, 4.69) is 57.6 Å². The van der Waals surface area contributed by atoms with E-state index in [4.69, 9.17) is 0 Å². The normalized spacial score (nSPS) is 14.8. The molecule has 1 fully saturated rings. The smallest absolute Gasteiger partial charge is 0.0375 e. The maximum absolute atomic E-state index is 3.68. The molecule has 0 saturated heterocycles. The summed E-state index contributed by atoms with van der Waals surface area (Å²) in [5.74, 6) is 1.17. The molecule has 0 unspecified atom stereocenters. The maximum Gasteiger partial charge on any atom is 0.0375 e. The highest BCUT2D eigenvalue weighted by Gasteiger charge is 2.20. The van der Waals surface area contributed by atoms with Crippen molar-refractivity contribution < 1.29 is 0 Å². The first-order valence-electron chi connectivity index (χ1n) is 6.42. The van der Waals surface area contributed by atoms with E-state index in [0.29, 0.717) is 0 Å². The van der Waals surface area contributed by atoms with E-state index in [1.165, 1.54) is 34.3 Å². The predicted molar refractivity (Wildman–Crippen MR) is 85.7 cm³/mol. The van der Waals surface area contributed by atoms with E-state index >= 15 is 0 Å². The Morgan fingerprint density at radius 3 is 2.83 bits per heavy atom. The lowest BCUT2D eigenvalue weighted by Crippen LogP contribution is -2.20. The van der Waals surface area contributed by atoms with Gasteiger partial charge in [-0.05, 0) is 36.8 Å². The van der Waals surface area contributed by atoms with Crippen LogP contribution in [0.1, 0.15) is 18.4 Å². The van der Waals surface area contributed by atoms with Gasteiger partial charge in [0.15, 0.2) is 0 Å². The number of halogens is 1. The van der Waals surface area contributed by atoms with Crippen LogP contribution in [-0.4, -0.2) is 31.6 Å². The number of hydrogen-bond acceptors (Lipinski definition) is 3. The average Bonchev–Trinajstić information content (AvgIpc) is 3.18. The van der Waals surface area contributed by atoms with Gasteiger partial charge < -0.3 is 10.2 Å². The molecule has 100 valence electrons. The summed E-state index contributed by atoms with van der Waals surface area (Å²) in [6.45, 7) is 2.06. The summed E-state index contributed by atoms with van der Waals surface area (Å²) < 4.78 is 1.21. The molecule has 1 aromatic rings. The van der Waals surface area contributed by atoms with E-state index in [0.717, 1.165) is 19.1 Å². The minimum atomic E-state index is 0.765. The van der Waals surface area contributed by atoms with Gasteiger partial charge in [0.2, 0.25) is 0 Å². The number of hydrogen-bond donors (Lipinski definition) is 1. The van der Waals surface area contributed by atoms with E-state index in [9.17, 15) is 0 Å². The minimum absolute atomic E-state index is 0.765. The minimum Gasteiger partial charge on any atom is -0.374 e. The molecule has 1 N–H and O–H groups in total. The molecule has 0 aliphatic heterocycles. The quantitative estimate of drug-likeness (QED) is 0.824. The largest absolute Gasteiger partial charge is 0.374 e. The molecule has 0 bridgehead atoms. The molecular formula is C14H21BrN2S. The number of anilines is 1. The molecule has 0 aromatic heterocycles. The van der Waals surface area contributed by atoms with Crippen LogP contribution >= 0.6 is 27.7 Å². The van der Waals surface area contributed by atoms with Crippen LogP contribution in [0.4, 0.5) is 5.69 Å². The Balaban J connectivity index is 1.94. The van der Waals surface area contributed by atoms with Crippen LogP contribution in [0.25, 0.3) is 0 Å². The van der Waals surface area contributed by atoms with Crippen LogP contribution < -0.4 is 10.2 Å². The fraction of sp³-hybridized carbons (Fsp3) is 0.571. The predicted octanol–water partition coefficient (Wildman–Crippen LogP) is 3.50. The molecular weight excluding hydrogens is 308 g/mol. The van der Waals surface area contributed by atoms with Crippen LogP contribution in [0.5, 0.6) is 0 Å². The highest BCUT2D eigenvalue weighted by atomic mass is 79.9. The second kappa shape index (κ2) is 6.83. The van der Waals surface area contributed by atoms with Crippen molar-refractivity contribution in [1.82, 2.24) is 5.32 Å². The fourth-order valence-corrected chi connectivity index (χ4v) is 2.78. The first kappa shape index (κ1) is 14.2. The van der Waals surface area contributed by atoms with Crippen molar-refractivity contribution in [3.63, 3.8) is 0 Å². The Bertz CT molecular complexity index is 393. The van der Waals surface area contributed by atoms with Crippen molar-refractivity contribution >= 4 is 33.4 Å². The Morgan fingerprint density at radius 2 is 2.22 bits per heavy atom. The second-order valence-corrected chi connectivity index (χ2v) is 6.69. The highest BCUT2D eigenvalue weighted by Crippen LogP contribution is 2.25. The summed E-state index contributed by atoms with van der Waals surface area (Å²) in [6, 6.07) is 7.43. The summed E-state index contributed by atoms with van der Waals surface area (Å²) in [6.07, 6.45) is 4.83. The molecule has 2 nitrogen and oxygen atoms in total. The van der Waals surface area contributed by atoms with Crippen LogP contribution in [0.15, 0.2) is 22.7 Å². The standard InChI is InChI=1S/C14H21BrN2S/c1-17(7-8-18-2)13-6-3-11(14(15)9-13)10-16-12-4-5-12/h3,6,9,12,16H,4-5,7-8,10H2,1-2H3. The van der Waals surface area contributed by atoms with E-state index in [1.54, 1.807) is 0 Å².